The highest BCUT2D eigenvalue weighted by Gasteiger charge is 2.26. The molecule has 0 radical (unpaired) electrons. The van der Waals surface area contributed by atoms with Gasteiger partial charge in [-0.05, 0) is 20.8 Å². The normalized spacial score (nSPS) is 12.2. The molecule has 0 aromatic heterocycles. The van der Waals surface area contributed by atoms with E-state index in [1.54, 1.807) is 27.7 Å². The Morgan fingerprint density at radius 2 is 1.71 bits per heavy atom. The van der Waals surface area contributed by atoms with E-state index in [1.807, 2.05) is 0 Å². The molecule has 0 aliphatic carbocycles. The summed E-state index contributed by atoms with van der Waals surface area (Å²) in [6.07, 6.45) is -0.0163. The SMILES string of the molecule is COC(=O)CCN(CC(=O)OC(C)(C)C)C(=O)C(C)CSC(C)=O. The molecule has 24 heavy (non-hydrogen) atoms. The van der Waals surface area contributed by atoms with Crippen LogP contribution < -0.4 is 0 Å². The van der Waals surface area contributed by atoms with Crippen molar-refractivity contribution >= 4 is 34.7 Å². The molecule has 8 heteroatoms. The summed E-state index contributed by atoms with van der Waals surface area (Å²) < 4.78 is 9.78. The molecule has 138 valence electrons. The second-order valence-electron chi connectivity index (χ2n) is 6.38. The molecule has 0 N–H and O–H groups in total. The highest BCUT2D eigenvalue weighted by Crippen LogP contribution is 2.14. The molecule has 0 spiro atoms. The maximum atomic E-state index is 12.5. The van der Waals surface area contributed by atoms with E-state index in [0.717, 1.165) is 11.8 Å². The van der Waals surface area contributed by atoms with Gasteiger partial charge in [-0.25, -0.2) is 0 Å². The molecule has 0 aliphatic heterocycles. The van der Waals surface area contributed by atoms with E-state index in [2.05, 4.69) is 4.74 Å². The van der Waals surface area contributed by atoms with Crippen molar-refractivity contribution in [3.05, 3.63) is 0 Å². The fourth-order valence-electron chi connectivity index (χ4n) is 1.75. The minimum absolute atomic E-state index is 0.0163. The Hall–Kier alpha value is -1.57. The molecule has 0 rings (SSSR count). The molecular formula is C16H27NO6S. The van der Waals surface area contributed by atoms with Gasteiger partial charge in [0.05, 0.1) is 13.5 Å². The predicted octanol–water partition coefficient (Wildman–Crippen LogP) is 1.64. The van der Waals surface area contributed by atoms with Crippen molar-refractivity contribution in [3.8, 4) is 0 Å². The topological polar surface area (TPSA) is 90.0 Å². The fourth-order valence-corrected chi connectivity index (χ4v) is 2.38. The highest BCUT2D eigenvalue weighted by atomic mass is 32.2. The molecule has 0 bridgehead atoms. The lowest BCUT2D eigenvalue weighted by Crippen LogP contribution is -2.42. The van der Waals surface area contributed by atoms with Crippen molar-refractivity contribution in [2.45, 2.75) is 46.6 Å². The second-order valence-corrected chi connectivity index (χ2v) is 7.57. The number of carbonyl (C=O) groups excluding carboxylic acids is 4. The lowest BCUT2D eigenvalue weighted by molar-refractivity contribution is -0.160. The maximum Gasteiger partial charge on any atom is 0.326 e. The fraction of sp³-hybridized carbons (Fsp3) is 0.750. The number of carbonyl (C=O) groups is 4. The van der Waals surface area contributed by atoms with Crippen LogP contribution >= 0.6 is 11.8 Å². The van der Waals surface area contributed by atoms with Crippen LogP contribution in [0.2, 0.25) is 0 Å². The maximum absolute atomic E-state index is 12.5. The molecule has 0 saturated carbocycles. The number of esters is 2. The molecular weight excluding hydrogens is 334 g/mol. The van der Waals surface area contributed by atoms with Crippen LogP contribution in [0.25, 0.3) is 0 Å². The first-order chi connectivity index (χ1) is 11.0. The van der Waals surface area contributed by atoms with Gasteiger partial charge in [0.1, 0.15) is 12.1 Å². The van der Waals surface area contributed by atoms with E-state index in [0.29, 0.717) is 5.75 Å². The minimum atomic E-state index is -0.662. The second kappa shape index (κ2) is 10.3. The van der Waals surface area contributed by atoms with Crippen molar-refractivity contribution in [2.24, 2.45) is 5.92 Å². The Morgan fingerprint density at radius 1 is 1.12 bits per heavy atom. The van der Waals surface area contributed by atoms with E-state index in [9.17, 15) is 19.2 Å². The summed E-state index contributed by atoms with van der Waals surface area (Å²) in [7, 11) is 1.26. The van der Waals surface area contributed by atoms with Gasteiger partial charge in [-0.1, -0.05) is 18.7 Å². The monoisotopic (exact) mass is 361 g/mol. The van der Waals surface area contributed by atoms with Crippen molar-refractivity contribution in [3.63, 3.8) is 0 Å². The van der Waals surface area contributed by atoms with Crippen LogP contribution in [0.15, 0.2) is 0 Å². The molecule has 1 unspecified atom stereocenters. The largest absolute Gasteiger partial charge is 0.469 e. The van der Waals surface area contributed by atoms with Crippen LogP contribution in [-0.4, -0.2) is 59.4 Å². The molecule has 0 aromatic rings. The first-order valence-corrected chi connectivity index (χ1v) is 8.65. The third-order valence-electron chi connectivity index (χ3n) is 2.82. The molecule has 0 aliphatic rings. The summed E-state index contributed by atoms with van der Waals surface area (Å²) in [5.74, 6) is -1.47. The van der Waals surface area contributed by atoms with Crippen LogP contribution in [0.1, 0.15) is 41.0 Å². The van der Waals surface area contributed by atoms with Crippen molar-refractivity contribution in [1.29, 1.82) is 0 Å². The molecule has 0 aromatic carbocycles. The summed E-state index contributed by atoms with van der Waals surface area (Å²) in [5.41, 5.74) is -0.662. The number of methoxy groups -OCH3 is 1. The van der Waals surface area contributed by atoms with Gasteiger partial charge >= 0.3 is 11.9 Å². The van der Waals surface area contributed by atoms with Gasteiger partial charge in [0.2, 0.25) is 5.91 Å². The zero-order chi connectivity index (χ0) is 18.9. The lowest BCUT2D eigenvalue weighted by atomic mass is 10.1. The number of ether oxygens (including phenoxy) is 2. The van der Waals surface area contributed by atoms with Crippen LogP contribution in [0, 0.1) is 5.92 Å². The summed E-state index contributed by atoms with van der Waals surface area (Å²) in [6.45, 7) is 8.12. The quantitative estimate of drug-likeness (QED) is 0.607. The van der Waals surface area contributed by atoms with Crippen LogP contribution in [0.3, 0.4) is 0 Å². The first-order valence-electron chi connectivity index (χ1n) is 7.67. The highest BCUT2D eigenvalue weighted by molar-refractivity contribution is 8.13. The van der Waals surface area contributed by atoms with Crippen molar-refractivity contribution in [1.82, 2.24) is 4.90 Å². The predicted molar refractivity (Wildman–Crippen MR) is 91.4 cm³/mol. The van der Waals surface area contributed by atoms with Gasteiger partial charge in [0.25, 0.3) is 0 Å². The van der Waals surface area contributed by atoms with Crippen LogP contribution in [-0.2, 0) is 28.7 Å². The van der Waals surface area contributed by atoms with Crippen LogP contribution in [0.5, 0.6) is 0 Å². The molecule has 0 fully saturated rings. The third-order valence-corrected chi connectivity index (χ3v) is 3.90. The minimum Gasteiger partial charge on any atom is -0.469 e. The van der Waals surface area contributed by atoms with Gasteiger partial charge in [-0.15, -0.1) is 0 Å². The Morgan fingerprint density at radius 3 is 2.17 bits per heavy atom. The summed E-state index contributed by atoms with van der Waals surface area (Å²) in [4.78, 5) is 48.1. The molecule has 1 atom stereocenters. The third kappa shape index (κ3) is 10.3. The number of nitrogens with zero attached hydrogens (tertiary/aromatic N) is 1. The van der Waals surface area contributed by atoms with Gasteiger partial charge in [-0.2, -0.15) is 0 Å². The van der Waals surface area contributed by atoms with E-state index < -0.39 is 23.5 Å². The van der Waals surface area contributed by atoms with E-state index in [-0.39, 0.29) is 30.5 Å². The Bertz CT molecular complexity index is 472. The number of hydrogen-bond donors (Lipinski definition) is 0. The summed E-state index contributed by atoms with van der Waals surface area (Å²) in [5, 5.41) is -0.0806. The zero-order valence-corrected chi connectivity index (χ0v) is 16.0. The summed E-state index contributed by atoms with van der Waals surface area (Å²) in [6, 6.07) is 0. The Kier molecular flexibility index (Phi) is 9.65. The van der Waals surface area contributed by atoms with E-state index in [1.165, 1.54) is 18.9 Å². The molecule has 1 amide bonds. The van der Waals surface area contributed by atoms with E-state index >= 15 is 0 Å². The Balaban J connectivity index is 4.89. The number of thioether (sulfide) groups is 1. The van der Waals surface area contributed by atoms with Crippen molar-refractivity contribution < 1.29 is 28.7 Å². The number of rotatable bonds is 8. The molecule has 0 saturated heterocycles. The number of amides is 1. The van der Waals surface area contributed by atoms with Crippen molar-refractivity contribution in [2.75, 3.05) is 26.0 Å². The average molecular weight is 361 g/mol. The van der Waals surface area contributed by atoms with Crippen LogP contribution in [0.4, 0.5) is 0 Å². The first kappa shape index (κ1) is 22.4. The van der Waals surface area contributed by atoms with Gasteiger partial charge in [0, 0.05) is 25.1 Å². The summed E-state index contributed by atoms with van der Waals surface area (Å²) >= 11 is 1.05. The van der Waals surface area contributed by atoms with Gasteiger partial charge in [0.15, 0.2) is 5.12 Å². The number of hydrogen-bond acceptors (Lipinski definition) is 7. The zero-order valence-electron chi connectivity index (χ0n) is 15.2. The van der Waals surface area contributed by atoms with Gasteiger partial charge < -0.3 is 14.4 Å². The smallest absolute Gasteiger partial charge is 0.326 e. The van der Waals surface area contributed by atoms with Gasteiger partial charge in [-0.3, -0.25) is 19.2 Å². The standard InChI is InChI=1S/C16H27NO6S/c1-11(10-24-12(2)18)15(21)17(8-7-13(19)22-6)9-14(20)23-16(3,4)5/h11H,7-10H2,1-6H3. The Labute approximate surface area is 147 Å². The molecule has 7 nitrogen and oxygen atoms in total. The average Bonchev–Trinajstić information content (AvgIpc) is 2.45. The lowest BCUT2D eigenvalue weighted by Gasteiger charge is -2.27. The molecule has 0 heterocycles. The van der Waals surface area contributed by atoms with E-state index in [4.69, 9.17) is 4.74 Å².